The highest BCUT2D eigenvalue weighted by Gasteiger charge is 2.29. The van der Waals surface area contributed by atoms with E-state index in [0.29, 0.717) is 23.7 Å². The largest absolute Gasteiger partial charge is 0.497 e. The van der Waals surface area contributed by atoms with Crippen LogP contribution in [-0.4, -0.2) is 42.2 Å². The Bertz CT molecular complexity index is 1270. The predicted octanol–water partition coefficient (Wildman–Crippen LogP) is 4.48. The van der Waals surface area contributed by atoms with Crippen LogP contribution >= 0.6 is 0 Å². The molecule has 0 heterocycles. The molecular formula is C27H32N2O6S. The quantitative estimate of drug-likeness (QED) is 0.407. The molecule has 0 aliphatic heterocycles. The van der Waals surface area contributed by atoms with Crippen LogP contribution in [-0.2, 0) is 14.8 Å². The number of sulfonamides is 1. The lowest BCUT2D eigenvalue weighted by Gasteiger charge is -2.26. The van der Waals surface area contributed by atoms with Gasteiger partial charge in [0, 0.05) is 6.07 Å². The van der Waals surface area contributed by atoms with Crippen molar-refractivity contribution < 1.29 is 27.4 Å². The van der Waals surface area contributed by atoms with Crippen molar-refractivity contribution in [3.63, 3.8) is 0 Å². The summed E-state index contributed by atoms with van der Waals surface area (Å²) in [5.41, 5.74) is 2.10. The summed E-state index contributed by atoms with van der Waals surface area (Å²) < 4.78 is 44.3. The Kier molecular flexibility index (Phi) is 8.82. The fourth-order valence-electron chi connectivity index (χ4n) is 3.76. The van der Waals surface area contributed by atoms with Crippen LogP contribution in [0.15, 0.2) is 71.6 Å². The van der Waals surface area contributed by atoms with Crippen LogP contribution in [0.2, 0.25) is 0 Å². The van der Waals surface area contributed by atoms with E-state index in [1.165, 1.54) is 26.4 Å². The second kappa shape index (κ2) is 11.8. The molecule has 9 heteroatoms. The Morgan fingerprint density at radius 1 is 0.889 bits per heavy atom. The summed E-state index contributed by atoms with van der Waals surface area (Å²) in [6.45, 7) is 3.41. The van der Waals surface area contributed by atoms with Crippen molar-refractivity contribution in [1.82, 2.24) is 5.32 Å². The fraction of sp³-hybridized carbons (Fsp3) is 0.296. The van der Waals surface area contributed by atoms with E-state index in [9.17, 15) is 13.2 Å². The monoisotopic (exact) mass is 512 g/mol. The highest BCUT2D eigenvalue weighted by atomic mass is 32.2. The molecule has 0 saturated heterocycles. The van der Waals surface area contributed by atoms with Gasteiger partial charge in [-0.15, -0.1) is 0 Å². The van der Waals surface area contributed by atoms with Crippen LogP contribution in [0, 0.1) is 6.92 Å². The van der Waals surface area contributed by atoms with Gasteiger partial charge >= 0.3 is 0 Å². The SMILES string of the molecule is CCC(NC(=O)CN(c1ccc(OC)c(OC)c1)S(=O)(=O)c1ccc(C)cc1)c1ccc(OC)cc1. The lowest BCUT2D eigenvalue weighted by molar-refractivity contribution is -0.120. The molecular weight excluding hydrogens is 480 g/mol. The van der Waals surface area contributed by atoms with Crippen LogP contribution in [0.5, 0.6) is 17.2 Å². The molecule has 1 amide bonds. The van der Waals surface area contributed by atoms with Gasteiger partial charge in [-0.25, -0.2) is 8.42 Å². The molecule has 1 unspecified atom stereocenters. The topological polar surface area (TPSA) is 94.2 Å². The normalized spacial score (nSPS) is 11.9. The van der Waals surface area contributed by atoms with E-state index >= 15 is 0 Å². The Morgan fingerprint density at radius 2 is 1.53 bits per heavy atom. The highest BCUT2D eigenvalue weighted by Crippen LogP contribution is 2.34. The van der Waals surface area contributed by atoms with E-state index in [4.69, 9.17) is 14.2 Å². The van der Waals surface area contributed by atoms with Crippen molar-refractivity contribution in [2.45, 2.75) is 31.2 Å². The molecule has 0 fully saturated rings. The number of amides is 1. The number of carbonyl (C=O) groups excluding carboxylic acids is 1. The number of nitrogens with one attached hydrogen (secondary N) is 1. The Balaban J connectivity index is 1.95. The van der Waals surface area contributed by atoms with E-state index in [2.05, 4.69) is 5.32 Å². The van der Waals surface area contributed by atoms with Gasteiger partial charge in [-0.1, -0.05) is 36.8 Å². The van der Waals surface area contributed by atoms with Crippen LogP contribution in [0.25, 0.3) is 0 Å². The molecule has 3 aromatic carbocycles. The first-order valence-corrected chi connectivity index (χ1v) is 12.9. The molecule has 192 valence electrons. The standard InChI is InChI=1S/C27H32N2O6S/c1-6-24(20-9-12-22(33-3)13-10-20)28-27(30)18-29(21-11-16-25(34-4)26(17-21)35-5)36(31,32)23-14-7-19(2)8-15-23/h7-17,24H,6,18H2,1-5H3,(H,28,30). The van der Waals surface area contributed by atoms with Gasteiger partial charge < -0.3 is 19.5 Å². The van der Waals surface area contributed by atoms with Gasteiger partial charge in [-0.05, 0) is 55.3 Å². The first-order valence-electron chi connectivity index (χ1n) is 11.5. The van der Waals surface area contributed by atoms with Crippen LogP contribution < -0.4 is 23.8 Å². The van der Waals surface area contributed by atoms with Crippen molar-refractivity contribution >= 4 is 21.6 Å². The van der Waals surface area contributed by atoms with Gasteiger partial charge in [0.1, 0.15) is 12.3 Å². The van der Waals surface area contributed by atoms with E-state index < -0.39 is 22.5 Å². The molecule has 0 aromatic heterocycles. The maximum atomic E-state index is 13.7. The second-order valence-electron chi connectivity index (χ2n) is 8.17. The molecule has 0 aliphatic rings. The summed E-state index contributed by atoms with van der Waals surface area (Å²) in [4.78, 5) is 13.3. The molecule has 0 aliphatic carbocycles. The first kappa shape index (κ1) is 26.9. The molecule has 0 radical (unpaired) electrons. The average Bonchev–Trinajstić information content (AvgIpc) is 2.90. The van der Waals surface area contributed by atoms with E-state index in [1.807, 2.05) is 38.1 Å². The Labute approximate surface area is 212 Å². The van der Waals surface area contributed by atoms with E-state index in [1.54, 1.807) is 37.4 Å². The molecule has 3 rings (SSSR count). The van der Waals surface area contributed by atoms with Gasteiger partial charge in [0.2, 0.25) is 5.91 Å². The van der Waals surface area contributed by atoms with Gasteiger partial charge in [0.25, 0.3) is 10.0 Å². The van der Waals surface area contributed by atoms with Crippen molar-refractivity contribution in [1.29, 1.82) is 0 Å². The highest BCUT2D eigenvalue weighted by molar-refractivity contribution is 7.92. The number of anilines is 1. The van der Waals surface area contributed by atoms with Gasteiger partial charge in [-0.2, -0.15) is 0 Å². The van der Waals surface area contributed by atoms with Crippen LogP contribution in [0.3, 0.4) is 0 Å². The summed E-state index contributed by atoms with van der Waals surface area (Å²) >= 11 is 0. The lowest BCUT2D eigenvalue weighted by atomic mass is 10.0. The Hall–Kier alpha value is -3.72. The summed E-state index contributed by atoms with van der Waals surface area (Å²) in [5.74, 6) is 1.07. The molecule has 36 heavy (non-hydrogen) atoms. The molecule has 3 aromatic rings. The lowest BCUT2D eigenvalue weighted by Crippen LogP contribution is -2.42. The zero-order chi connectivity index (χ0) is 26.3. The summed E-state index contributed by atoms with van der Waals surface area (Å²) in [6.07, 6.45) is 0.624. The fourth-order valence-corrected chi connectivity index (χ4v) is 5.17. The summed E-state index contributed by atoms with van der Waals surface area (Å²) in [6, 6.07) is 18.3. The smallest absolute Gasteiger partial charge is 0.264 e. The van der Waals surface area contributed by atoms with Crippen molar-refractivity contribution in [3.8, 4) is 17.2 Å². The van der Waals surface area contributed by atoms with Crippen molar-refractivity contribution in [2.24, 2.45) is 0 Å². The summed E-state index contributed by atoms with van der Waals surface area (Å²) in [7, 11) is 0.484. The van der Waals surface area contributed by atoms with Crippen LogP contribution in [0.1, 0.15) is 30.5 Å². The number of hydrogen-bond donors (Lipinski definition) is 1. The maximum Gasteiger partial charge on any atom is 0.264 e. The third-order valence-electron chi connectivity index (χ3n) is 5.81. The van der Waals surface area contributed by atoms with Gasteiger partial charge in [-0.3, -0.25) is 9.10 Å². The minimum atomic E-state index is -4.07. The zero-order valence-corrected chi connectivity index (χ0v) is 22.0. The number of rotatable bonds is 11. The van der Waals surface area contributed by atoms with Gasteiger partial charge in [0.15, 0.2) is 11.5 Å². The van der Waals surface area contributed by atoms with Crippen molar-refractivity contribution in [3.05, 3.63) is 77.9 Å². The molecule has 8 nitrogen and oxygen atoms in total. The molecule has 0 saturated carbocycles. The van der Waals surface area contributed by atoms with Crippen molar-refractivity contribution in [2.75, 3.05) is 32.2 Å². The Morgan fingerprint density at radius 3 is 2.08 bits per heavy atom. The number of nitrogens with zero attached hydrogens (tertiary/aromatic N) is 1. The first-order chi connectivity index (χ1) is 17.2. The number of ether oxygens (including phenoxy) is 3. The van der Waals surface area contributed by atoms with Gasteiger partial charge in [0.05, 0.1) is 38.0 Å². The molecule has 0 spiro atoms. The minimum Gasteiger partial charge on any atom is -0.497 e. The van der Waals surface area contributed by atoms with E-state index in [-0.39, 0.29) is 16.6 Å². The number of carbonyl (C=O) groups is 1. The average molecular weight is 513 g/mol. The number of aryl methyl sites for hydroxylation is 1. The zero-order valence-electron chi connectivity index (χ0n) is 21.1. The minimum absolute atomic E-state index is 0.0814. The number of benzene rings is 3. The van der Waals surface area contributed by atoms with E-state index in [0.717, 1.165) is 15.4 Å². The number of hydrogen-bond acceptors (Lipinski definition) is 6. The second-order valence-corrected chi connectivity index (χ2v) is 10.0. The maximum absolute atomic E-state index is 13.7. The third-order valence-corrected chi connectivity index (χ3v) is 7.60. The molecule has 0 bridgehead atoms. The predicted molar refractivity (Wildman–Crippen MR) is 139 cm³/mol. The molecule has 1 N–H and O–H groups in total. The summed E-state index contributed by atoms with van der Waals surface area (Å²) in [5, 5.41) is 2.96. The number of methoxy groups -OCH3 is 3. The molecule has 1 atom stereocenters. The van der Waals surface area contributed by atoms with Crippen LogP contribution in [0.4, 0.5) is 5.69 Å². The third kappa shape index (κ3) is 6.09.